The summed E-state index contributed by atoms with van der Waals surface area (Å²) in [6.07, 6.45) is 7.48. The minimum Gasteiger partial charge on any atom is -0.155 e. The molecule has 1 fully saturated rings. The fraction of sp³-hybridized carbons (Fsp3) is 0.556. The van der Waals surface area contributed by atoms with Gasteiger partial charge in [-0.3, -0.25) is 0 Å². The van der Waals surface area contributed by atoms with Crippen LogP contribution >= 0.6 is 11.8 Å². The highest BCUT2D eigenvalue weighted by atomic mass is 32.2. The van der Waals surface area contributed by atoms with Crippen LogP contribution in [0.3, 0.4) is 0 Å². The third-order valence-corrected chi connectivity index (χ3v) is 5.52. The summed E-state index contributed by atoms with van der Waals surface area (Å²) in [5.41, 5.74) is 4.27. The van der Waals surface area contributed by atoms with Crippen molar-refractivity contribution in [1.29, 1.82) is 0 Å². The van der Waals surface area contributed by atoms with Crippen LogP contribution in [0.15, 0.2) is 35.7 Å². The van der Waals surface area contributed by atoms with Gasteiger partial charge in [0.25, 0.3) is 0 Å². The summed E-state index contributed by atoms with van der Waals surface area (Å²) in [6, 6.07) is 8.21. The first-order chi connectivity index (χ1) is 10.2. The summed E-state index contributed by atoms with van der Waals surface area (Å²) in [5.74, 6) is 1.47. The van der Waals surface area contributed by atoms with E-state index in [0.29, 0.717) is 5.92 Å². The van der Waals surface area contributed by atoms with Crippen molar-refractivity contribution >= 4 is 17.3 Å². The molecule has 1 nitrogen and oxygen atoms in total. The van der Waals surface area contributed by atoms with Crippen molar-refractivity contribution in [3.05, 3.63) is 36.4 Å². The van der Waals surface area contributed by atoms with Gasteiger partial charge in [-0.15, -0.1) is 16.2 Å². The van der Waals surface area contributed by atoms with Crippen LogP contribution in [0.5, 0.6) is 0 Å². The molecular formula is C18H26FNS. The summed E-state index contributed by atoms with van der Waals surface area (Å²) < 4.78 is 13.1. The lowest BCUT2D eigenvalue weighted by atomic mass is 9.85. The Labute approximate surface area is 132 Å². The number of nitrogens with one attached hydrogen (secondary N) is 1. The highest BCUT2D eigenvalue weighted by Gasteiger charge is 2.19. The van der Waals surface area contributed by atoms with Crippen LogP contribution in [0.4, 0.5) is 4.48 Å². The summed E-state index contributed by atoms with van der Waals surface area (Å²) >= 11 is 1.73. The molecule has 1 saturated carbocycles. The maximum atomic E-state index is 13.1. The van der Waals surface area contributed by atoms with Crippen LogP contribution in [0.1, 0.15) is 51.0 Å². The molecule has 116 valence electrons. The van der Waals surface area contributed by atoms with Gasteiger partial charge >= 0.3 is 0 Å². The van der Waals surface area contributed by atoms with Gasteiger partial charge in [-0.1, -0.05) is 56.9 Å². The van der Waals surface area contributed by atoms with Crippen LogP contribution in [0, 0.1) is 5.92 Å². The lowest BCUT2D eigenvalue weighted by molar-refractivity contribution is 0.230. The summed E-state index contributed by atoms with van der Waals surface area (Å²) in [4.78, 5) is 1.20. The van der Waals surface area contributed by atoms with Crippen LogP contribution < -0.4 is 5.54 Å². The molecule has 0 saturated heterocycles. The predicted octanol–water partition coefficient (Wildman–Crippen LogP) is 5.62. The Bertz CT molecular complexity index is 454. The molecule has 1 unspecified atom stereocenters. The molecule has 1 atom stereocenters. The van der Waals surface area contributed by atoms with Gasteiger partial charge in [-0.2, -0.15) is 5.54 Å². The van der Waals surface area contributed by atoms with Crippen molar-refractivity contribution in [3.63, 3.8) is 0 Å². The topological polar surface area (TPSA) is 12.0 Å². The number of hydrogen-bond donors (Lipinski definition) is 1. The monoisotopic (exact) mass is 307 g/mol. The summed E-state index contributed by atoms with van der Waals surface area (Å²) in [5, 5.41) is 0. The maximum Gasteiger partial charge on any atom is 0.0468 e. The first-order valence-electron chi connectivity index (χ1n) is 7.94. The molecular weight excluding hydrogens is 281 g/mol. The van der Waals surface area contributed by atoms with Gasteiger partial charge < -0.3 is 0 Å². The van der Waals surface area contributed by atoms with E-state index in [0.717, 1.165) is 17.7 Å². The number of thioether (sulfide) groups is 1. The van der Waals surface area contributed by atoms with E-state index in [1.54, 1.807) is 11.8 Å². The molecule has 0 aromatic heterocycles. The zero-order valence-corrected chi connectivity index (χ0v) is 13.7. The molecule has 0 heterocycles. The van der Waals surface area contributed by atoms with Gasteiger partial charge in [0.05, 0.1) is 0 Å². The maximum absolute atomic E-state index is 13.1. The van der Waals surface area contributed by atoms with E-state index < -0.39 is 0 Å². The first kappa shape index (κ1) is 16.6. The molecule has 0 amide bonds. The number of halogens is 1. The van der Waals surface area contributed by atoms with Crippen LogP contribution in [0.25, 0.3) is 5.57 Å². The minimum absolute atomic E-state index is 0.0451. The molecule has 1 aromatic carbocycles. The Morgan fingerprint density at radius 1 is 1.33 bits per heavy atom. The highest BCUT2D eigenvalue weighted by Crippen LogP contribution is 2.31. The second-order valence-electron chi connectivity index (χ2n) is 6.13. The molecule has 1 N–H and O–H groups in total. The summed E-state index contributed by atoms with van der Waals surface area (Å²) in [6.45, 7) is 6.04. The standard InChI is InChI=1S/C18H26FNS/c1-14(2)17-10-6-7-11-18(17)21-13-16(20-19)12-15-8-4-3-5-9-15/h6-7,10-11,15-16,20H,1,3-5,8-9,12-13H2,2H3. The van der Waals surface area contributed by atoms with E-state index in [-0.39, 0.29) is 6.04 Å². The average molecular weight is 307 g/mol. The van der Waals surface area contributed by atoms with Crippen molar-refractivity contribution in [2.24, 2.45) is 5.92 Å². The van der Waals surface area contributed by atoms with Gasteiger partial charge in [0, 0.05) is 16.7 Å². The van der Waals surface area contributed by atoms with Gasteiger partial charge in [0.2, 0.25) is 0 Å². The van der Waals surface area contributed by atoms with E-state index in [9.17, 15) is 4.48 Å². The zero-order chi connectivity index (χ0) is 15.1. The molecule has 0 aliphatic heterocycles. The fourth-order valence-electron chi connectivity index (χ4n) is 3.10. The molecule has 1 aliphatic rings. The van der Waals surface area contributed by atoms with Crippen molar-refractivity contribution in [1.82, 2.24) is 5.54 Å². The van der Waals surface area contributed by atoms with E-state index in [2.05, 4.69) is 18.7 Å². The van der Waals surface area contributed by atoms with Gasteiger partial charge in [0.15, 0.2) is 0 Å². The number of allylic oxidation sites excluding steroid dienone is 1. The van der Waals surface area contributed by atoms with Crippen LogP contribution in [-0.2, 0) is 0 Å². The molecule has 0 bridgehead atoms. The predicted molar refractivity (Wildman–Crippen MR) is 91.1 cm³/mol. The zero-order valence-electron chi connectivity index (χ0n) is 12.9. The molecule has 1 aromatic rings. The second-order valence-corrected chi connectivity index (χ2v) is 7.20. The van der Waals surface area contributed by atoms with Crippen LogP contribution in [-0.4, -0.2) is 11.8 Å². The third kappa shape index (κ3) is 5.15. The smallest absolute Gasteiger partial charge is 0.0468 e. The molecule has 21 heavy (non-hydrogen) atoms. The highest BCUT2D eigenvalue weighted by molar-refractivity contribution is 7.99. The molecule has 2 rings (SSSR count). The Kier molecular flexibility index (Phi) is 6.78. The number of benzene rings is 1. The van der Waals surface area contributed by atoms with Crippen molar-refractivity contribution in [2.45, 2.75) is 56.4 Å². The third-order valence-electron chi connectivity index (χ3n) is 4.28. The number of rotatable bonds is 7. The summed E-state index contributed by atoms with van der Waals surface area (Å²) in [7, 11) is 0. The van der Waals surface area contributed by atoms with E-state index in [1.165, 1.54) is 42.6 Å². The van der Waals surface area contributed by atoms with E-state index in [4.69, 9.17) is 0 Å². The SMILES string of the molecule is C=C(C)c1ccccc1SCC(CC1CCCCC1)NF. The Balaban J connectivity index is 1.89. The van der Waals surface area contributed by atoms with Crippen LogP contribution in [0.2, 0.25) is 0 Å². The van der Waals surface area contributed by atoms with Crippen molar-refractivity contribution in [3.8, 4) is 0 Å². The number of hydrogen-bond acceptors (Lipinski definition) is 2. The lowest BCUT2D eigenvalue weighted by Crippen LogP contribution is -2.28. The Morgan fingerprint density at radius 2 is 2.05 bits per heavy atom. The van der Waals surface area contributed by atoms with Gasteiger partial charge in [-0.05, 0) is 36.5 Å². The molecule has 0 radical (unpaired) electrons. The lowest BCUT2D eigenvalue weighted by Gasteiger charge is -2.25. The van der Waals surface area contributed by atoms with Gasteiger partial charge in [0.1, 0.15) is 0 Å². The van der Waals surface area contributed by atoms with Crippen molar-refractivity contribution in [2.75, 3.05) is 5.75 Å². The largest absolute Gasteiger partial charge is 0.155 e. The average Bonchev–Trinajstić information content (AvgIpc) is 2.52. The second kappa shape index (κ2) is 8.60. The Morgan fingerprint density at radius 3 is 2.71 bits per heavy atom. The fourth-order valence-corrected chi connectivity index (χ4v) is 4.26. The minimum atomic E-state index is -0.0451. The molecule has 3 heteroatoms. The van der Waals surface area contributed by atoms with E-state index in [1.807, 2.05) is 24.6 Å². The quantitative estimate of drug-likeness (QED) is 0.518. The van der Waals surface area contributed by atoms with Gasteiger partial charge in [-0.25, -0.2) is 0 Å². The first-order valence-corrected chi connectivity index (χ1v) is 8.93. The Hall–Kier alpha value is -0.800. The van der Waals surface area contributed by atoms with Crippen molar-refractivity contribution < 1.29 is 4.48 Å². The molecule has 1 aliphatic carbocycles. The van der Waals surface area contributed by atoms with E-state index >= 15 is 0 Å². The molecule has 0 spiro atoms. The normalized spacial score (nSPS) is 17.6.